The van der Waals surface area contributed by atoms with Crippen molar-refractivity contribution in [2.24, 2.45) is 0 Å². The lowest BCUT2D eigenvalue weighted by Crippen LogP contribution is -2.60. The van der Waals surface area contributed by atoms with Crippen molar-refractivity contribution in [3.8, 4) is 0 Å². The first-order chi connectivity index (χ1) is 32.1. The van der Waals surface area contributed by atoms with E-state index in [0.29, 0.717) is 0 Å². The molecule has 0 saturated heterocycles. The Balaban J connectivity index is 1.25. The lowest BCUT2D eigenvalue weighted by atomic mass is 9.36. The summed E-state index contributed by atoms with van der Waals surface area (Å²) < 4.78 is 2.75. The van der Waals surface area contributed by atoms with E-state index in [1.165, 1.54) is 87.7 Å². The van der Waals surface area contributed by atoms with Gasteiger partial charge in [0.05, 0.1) is 5.69 Å². The minimum Gasteiger partial charge on any atom is -0.311 e. The van der Waals surface area contributed by atoms with Crippen molar-refractivity contribution in [3.63, 3.8) is 0 Å². The molecular formula is C63H66BN3S. The lowest BCUT2D eigenvalue weighted by molar-refractivity contribution is 0.403. The van der Waals surface area contributed by atoms with Gasteiger partial charge in [-0.05, 0) is 151 Å². The highest BCUT2D eigenvalue weighted by molar-refractivity contribution is 7.33. The second-order valence-corrected chi connectivity index (χ2v) is 25.4. The molecule has 0 fully saturated rings. The molecule has 0 amide bonds. The summed E-state index contributed by atoms with van der Waals surface area (Å²) in [6.45, 7) is 30.8. The molecule has 68 heavy (non-hydrogen) atoms. The number of benzene rings is 7. The van der Waals surface area contributed by atoms with Crippen LogP contribution in [0.4, 0.5) is 51.2 Å². The molecule has 11 rings (SSSR count). The summed E-state index contributed by atoms with van der Waals surface area (Å²) >= 11 is 2.00. The van der Waals surface area contributed by atoms with E-state index in [4.69, 9.17) is 0 Å². The zero-order chi connectivity index (χ0) is 47.9. The summed E-state index contributed by atoms with van der Waals surface area (Å²) in [5, 5.41) is 1.32. The fraction of sp³-hybridized carbons (Fsp3) is 0.302. The highest BCUT2D eigenvalue weighted by Crippen LogP contribution is 2.54. The fourth-order valence-corrected chi connectivity index (χ4v) is 13.2. The summed E-state index contributed by atoms with van der Waals surface area (Å²) in [5.74, 6) is 0. The Labute approximate surface area is 410 Å². The maximum atomic E-state index is 2.68. The molecule has 3 heterocycles. The topological polar surface area (TPSA) is 9.72 Å². The van der Waals surface area contributed by atoms with E-state index in [0.717, 1.165) is 23.5 Å². The Kier molecular flexibility index (Phi) is 9.96. The SMILES string of the molecule is CC(C)(C)c1ccc(N2c3cc(N(c4ccccc4)c4ccccc4)ccc3B3c4sc5cc(C(C)(C)C)ccc5c4N(c4ccc5c(c4)C(C)(C)CC5(C)C)c4cc(C(C)(C)C)cc2c43)cc1. The molecule has 1 aliphatic carbocycles. The van der Waals surface area contributed by atoms with Crippen LogP contribution in [0.3, 0.4) is 0 Å². The molecule has 0 spiro atoms. The number of hydrogen-bond donors (Lipinski definition) is 0. The van der Waals surface area contributed by atoms with Gasteiger partial charge in [0.2, 0.25) is 0 Å². The van der Waals surface area contributed by atoms with E-state index in [9.17, 15) is 0 Å². The van der Waals surface area contributed by atoms with Crippen LogP contribution in [0.1, 0.15) is 124 Å². The van der Waals surface area contributed by atoms with Crippen LogP contribution < -0.4 is 30.4 Å². The Morgan fingerprint density at radius 3 is 1.65 bits per heavy atom. The minimum atomic E-state index is -0.128. The summed E-state index contributed by atoms with van der Waals surface area (Å²) in [6.07, 6.45) is 1.13. The van der Waals surface area contributed by atoms with Gasteiger partial charge in [-0.3, -0.25) is 0 Å². The van der Waals surface area contributed by atoms with E-state index in [1.807, 2.05) is 11.3 Å². The number of thiophene rings is 1. The number of rotatable bonds is 5. The molecular weight excluding hydrogens is 842 g/mol. The summed E-state index contributed by atoms with van der Waals surface area (Å²) in [5.41, 5.74) is 20.6. The Morgan fingerprint density at radius 1 is 0.485 bits per heavy atom. The largest absolute Gasteiger partial charge is 0.311 e. The molecule has 1 aromatic heterocycles. The second-order valence-electron chi connectivity index (χ2n) is 24.3. The molecule has 8 aromatic rings. The first kappa shape index (κ1) is 44.5. The average Bonchev–Trinajstić information content (AvgIpc) is 3.75. The molecule has 0 N–H and O–H groups in total. The third-order valence-electron chi connectivity index (χ3n) is 15.3. The van der Waals surface area contributed by atoms with Crippen molar-refractivity contribution in [2.75, 3.05) is 14.7 Å². The molecule has 3 nitrogen and oxygen atoms in total. The van der Waals surface area contributed by atoms with E-state index in [-0.39, 0.29) is 33.8 Å². The van der Waals surface area contributed by atoms with Gasteiger partial charge < -0.3 is 14.7 Å². The average molecular weight is 908 g/mol. The van der Waals surface area contributed by atoms with Crippen molar-refractivity contribution >= 4 is 95.0 Å². The lowest BCUT2D eigenvalue weighted by Gasteiger charge is -2.44. The first-order valence-corrected chi connectivity index (χ1v) is 25.6. The van der Waals surface area contributed by atoms with E-state index in [2.05, 4.69) is 256 Å². The second kappa shape index (κ2) is 15.2. The van der Waals surface area contributed by atoms with Crippen LogP contribution in [0.25, 0.3) is 10.1 Å². The summed E-state index contributed by atoms with van der Waals surface area (Å²) in [7, 11) is 0. The van der Waals surface area contributed by atoms with Crippen LogP contribution in [0.2, 0.25) is 0 Å². The van der Waals surface area contributed by atoms with Gasteiger partial charge in [0.15, 0.2) is 0 Å². The number of hydrogen-bond acceptors (Lipinski definition) is 4. The van der Waals surface area contributed by atoms with E-state index < -0.39 is 0 Å². The maximum Gasteiger partial charge on any atom is 0.264 e. The predicted molar refractivity (Wildman–Crippen MR) is 297 cm³/mol. The van der Waals surface area contributed by atoms with Crippen LogP contribution in [-0.4, -0.2) is 6.71 Å². The van der Waals surface area contributed by atoms with Gasteiger partial charge in [-0.15, -0.1) is 11.3 Å². The standard InChI is InChI=1S/C63H66BN3S/c1-59(2,3)40-24-27-45(28-25-40)66-52-38-47(65(43-20-16-14-17-21-43)44-22-18-15-19-23-44)30-33-51(52)64-56-53(66)34-42(61(7,8)9)35-54(56)67(46-29-32-49-50(37-46)63(12,13)39-62(49,10)11)57-48-31-26-41(60(4,5)6)36-55(48)68-58(57)64/h14-38H,39H2,1-13H3. The Bertz CT molecular complexity index is 3230. The highest BCUT2D eigenvalue weighted by atomic mass is 32.1. The fourth-order valence-electron chi connectivity index (χ4n) is 11.9. The molecule has 7 aromatic carbocycles. The van der Waals surface area contributed by atoms with Crippen molar-refractivity contribution in [2.45, 2.75) is 124 Å². The molecule has 5 heteroatoms. The van der Waals surface area contributed by atoms with Gasteiger partial charge in [0.25, 0.3) is 6.71 Å². The van der Waals surface area contributed by atoms with Gasteiger partial charge in [-0.1, -0.05) is 163 Å². The van der Waals surface area contributed by atoms with Crippen LogP contribution in [0.5, 0.6) is 0 Å². The molecule has 0 unspecified atom stereocenters. The Hall–Kier alpha value is -6.04. The first-order valence-electron chi connectivity index (χ1n) is 24.8. The van der Waals surface area contributed by atoms with Gasteiger partial charge >= 0.3 is 0 Å². The molecule has 0 radical (unpaired) electrons. The predicted octanol–water partition coefficient (Wildman–Crippen LogP) is 16.3. The van der Waals surface area contributed by atoms with Crippen LogP contribution in [0, 0.1) is 0 Å². The van der Waals surface area contributed by atoms with Gasteiger partial charge in [-0.2, -0.15) is 0 Å². The monoisotopic (exact) mass is 908 g/mol. The number of para-hydroxylation sites is 2. The summed E-state index contributed by atoms with van der Waals surface area (Å²) in [4.78, 5) is 7.70. The van der Waals surface area contributed by atoms with Crippen molar-refractivity contribution in [1.29, 1.82) is 0 Å². The third kappa shape index (κ3) is 7.13. The van der Waals surface area contributed by atoms with E-state index in [1.54, 1.807) is 0 Å². The number of fused-ring (bicyclic) bond motifs is 7. The zero-order valence-corrected chi connectivity index (χ0v) is 43.3. The highest BCUT2D eigenvalue weighted by Gasteiger charge is 2.47. The van der Waals surface area contributed by atoms with Gasteiger partial charge in [0.1, 0.15) is 0 Å². The van der Waals surface area contributed by atoms with Gasteiger partial charge in [0, 0.05) is 60.4 Å². The van der Waals surface area contributed by atoms with Crippen LogP contribution in [-0.2, 0) is 27.1 Å². The molecule has 342 valence electrons. The number of nitrogens with zero attached hydrogens (tertiary/aromatic N) is 3. The van der Waals surface area contributed by atoms with E-state index >= 15 is 0 Å². The normalized spacial score (nSPS) is 15.8. The van der Waals surface area contributed by atoms with Crippen LogP contribution >= 0.6 is 11.3 Å². The molecule has 2 aliphatic heterocycles. The van der Waals surface area contributed by atoms with Crippen molar-refractivity contribution in [3.05, 3.63) is 179 Å². The molecule has 0 bridgehead atoms. The van der Waals surface area contributed by atoms with Crippen molar-refractivity contribution in [1.82, 2.24) is 0 Å². The smallest absolute Gasteiger partial charge is 0.264 e. The minimum absolute atomic E-state index is 0.0107. The van der Waals surface area contributed by atoms with Crippen molar-refractivity contribution < 1.29 is 0 Å². The maximum absolute atomic E-state index is 2.68. The van der Waals surface area contributed by atoms with Gasteiger partial charge in [-0.25, -0.2) is 0 Å². The number of anilines is 9. The Morgan fingerprint density at radius 2 is 1.04 bits per heavy atom. The zero-order valence-electron chi connectivity index (χ0n) is 42.5. The molecule has 0 saturated carbocycles. The summed E-state index contributed by atoms with van der Waals surface area (Å²) in [6, 6.07) is 58.3. The van der Waals surface area contributed by atoms with Crippen LogP contribution in [0.15, 0.2) is 152 Å². The molecule has 3 aliphatic rings. The third-order valence-corrected chi connectivity index (χ3v) is 16.5. The quantitative estimate of drug-likeness (QED) is 0.159. The molecule has 0 atom stereocenters.